The topological polar surface area (TPSA) is 9.86 Å². The summed E-state index contributed by atoms with van der Waals surface area (Å²) < 4.78 is 5.05. The Morgan fingerprint density at radius 3 is 0.831 bits per heavy atom. The fourth-order valence-electron chi connectivity index (χ4n) is 10.4. The molecule has 12 rings (SSSR count). The van der Waals surface area contributed by atoms with E-state index in [1.54, 1.807) is 0 Å². The van der Waals surface area contributed by atoms with Crippen LogP contribution in [0.3, 0.4) is 0 Å². The quantitative estimate of drug-likeness (QED) is 0.151. The number of nitrogens with zero attached hydrogens (tertiary/aromatic N) is 2. The van der Waals surface area contributed by atoms with Crippen molar-refractivity contribution in [1.82, 2.24) is 9.13 Å². The van der Waals surface area contributed by atoms with Crippen LogP contribution in [0.1, 0.15) is 16.7 Å². The summed E-state index contributed by atoms with van der Waals surface area (Å²) in [5, 5.41) is 4.93. The second kappa shape index (κ2) is 15.6. The van der Waals surface area contributed by atoms with Gasteiger partial charge in [-0.2, -0.15) is 0 Å². The standard InChI is InChI=1S/C63H46N2/c1-41-17-16-18-42(2)63(41)52-39-61(64-57-31-27-48(44-19-8-4-9-20-44)35-53(57)54-36-49(28-32-58(54)64)45-21-10-5-11-22-45)43(3)62(40-52)65-59-33-29-50(46-23-12-6-13-24-46)37-55(59)56-38-51(30-34-60(56)65)47-25-14-7-15-26-47/h4-40H,1-3H3. The Kier molecular flexibility index (Phi) is 9.21. The lowest BCUT2D eigenvalue weighted by Crippen LogP contribution is -2.05. The van der Waals surface area contributed by atoms with E-state index < -0.39 is 0 Å². The summed E-state index contributed by atoms with van der Waals surface area (Å²) in [5.74, 6) is 0. The minimum Gasteiger partial charge on any atom is -0.309 e. The SMILES string of the molecule is Cc1cccc(C)c1-c1cc(-n2c3ccc(-c4ccccc4)cc3c3cc(-c4ccccc4)ccc32)c(C)c(-n2c3ccc(-c4ccccc4)cc3c3cc(-c4ccccc4)ccc32)c1. The maximum absolute atomic E-state index is 2.53. The van der Waals surface area contributed by atoms with E-state index >= 15 is 0 Å². The summed E-state index contributed by atoms with van der Waals surface area (Å²) in [5.41, 5.74) is 22.9. The van der Waals surface area contributed by atoms with Crippen LogP contribution in [-0.2, 0) is 0 Å². The molecule has 0 spiro atoms. The Balaban J connectivity index is 1.18. The molecular formula is C63H46N2. The van der Waals surface area contributed by atoms with Gasteiger partial charge in [-0.25, -0.2) is 0 Å². The minimum atomic E-state index is 1.16. The second-order valence-electron chi connectivity index (χ2n) is 17.5. The number of hydrogen-bond donors (Lipinski definition) is 0. The summed E-state index contributed by atoms with van der Waals surface area (Å²) >= 11 is 0. The van der Waals surface area contributed by atoms with Gasteiger partial charge < -0.3 is 9.13 Å². The average molecular weight is 831 g/mol. The summed E-state index contributed by atoms with van der Waals surface area (Å²) in [6.45, 7) is 6.81. The van der Waals surface area contributed by atoms with Crippen LogP contribution in [0.2, 0.25) is 0 Å². The van der Waals surface area contributed by atoms with Gasteiger partial charge in [-0.3, -0.25) is 0 Å². The first kappa shape index (κ1) is 38.5. The highest BCUT2D eigenvalue weighted by Gasteiger charge is 2.23. The van der Waals surface area contributed by atoms with E-state index in [9.17, 15) is 0 Å². The fourth-order valence-corrected chi connectivity index (χ4v) is 10.4. The van der Waals surface area contributed by atoms with Crippen molar-refractivity contribution in [2.75, 3.05) is 0 Å². The predicted octanol–water partition coefficient (Wildman–Crippen LogP) is 17.1. The van der Waals surface area contributed by atoms with Crippen molar-refractivity contribution >= 4 is 43.6 Å². The van der Waals surface area contributed by atoms with Crippen LogP contribution in [-0.4, -0.2) is 9.13 Å². The van der Waals surface area contributed by atoms with Crippen LogP contribution in [0.5, 0.6) is 0 Å². The van der Waals surface area contributed by atoms with Gasteiger partial charge in [0.25, 0.3) is 0 Å². The Bertz CT molecular complexity index is 3330. The molecule has 10 aromatic carbocycles. The van der Waals surface area contributed by atoms with Crippen molar-refractivity contribution in [2.24, 2.45) is 0 Å². The Hall–Kier alpha value is -8.20. The molecule has 0 unspecified atom stereocenters. The molecule has 0 radical (unpaired) electrons. The lowest BCUT2D eigenvalue weighted by molar-refractivity contribution is 1.09. The molecule has 0 saturated carbocycles. The summed E-state index contributed by atoms with van der Waals surface area (Å²) in [6.07, 6.45) is 0. The maximum Gasteiger partial charge on any atom is 0.0541 e. The highest BCUT2D eigenvalue weighted by atomic mass is 15.0. The van der Waals surface area contributed by atoms with Crippen LogP contribution < -0.4 is 0 Å². The van der Waals surface area contributed by atoms with Crippen molar-refractivity contribution in [3.8, 4) is 67.0 Å². The third-order valence-corrected chi connectivity index (χ3v) is 13.6. The highest BCUT2D eigenvalue weighted by Crippen LogP contribution is 2.44. The molecule has 65 heavy (non-hydrogen) atoms. The Morgan fingerprint density at radius 2 is 0.538 bits per heavy atom. The molecule has 2 heteroatoms. The normalized spacial score (nSPS) is 11.6. The fraction of sp³-hybridized carbons (Fsp3) is 0.0476. The first-order valence-electron chi connectivity index (χ1n) is 22.6. The molecule has 0 aliphatic carbocycles. The molecule has 0 bridgehead atoms. The monoisotopic (exact) mass is 830 g/mol. The lowest BCUT2D eigenvalue weighted by atomic mass is 9.93. The van der Waals surface area contributed by atoms with E-state index in [1.807, 2.05) is 0 Å². The van der Waals surface area contributed by atoms with Gasteiger partial charge in [0.15, 0.2) is 0 Å². The largest absolute Gasteiger partial charge is 0.309 e. The summed E-state index contributed by atoms with van der Waals surface area (Å²) in [6, 6.07) is 82.6. The Labute approximate surface area is 379 Å². The molecule has 0 aliphatic heterocycles. The van der Waals surface area contributed by atoms with Gasteiger partial charge in [-0.15, -0.1) is 0 Å². The smallest absolute Gasteiger partial charge is 0.0541 e. The molecule has 2 aromatic heterocycles. The van der Waals surface area contributed by atoms with Gasteiger partial charge in [0.2, 0.25) is 0 Å². The molecule has 0 N–H and O–H groups in total. The third-order valence-electron chi connectivity index (χ3n) is 13.6. The van der Waals surface area contributed by atoms with E-state index in [-0.39, 0.29) is 0 Å². The summed E-state index contributed by atoms with van der Waals surface area (Å²) in [7, 11) is 0. The number of hydrogen-bond acceptors (Lipinski definition) is 0. The van der Waals surface area contributed by atoms with Gasteiger partial charge in [0.1, 0.15) is 0 Å². The molecule has 0 aliphatic rings. The van der Waals surface area contributed by atoms with Gasteiger partial charge in [0, 0.05) is 21.5 Å². The molecule has 2 nitrogen and oxygen atoms in total. The number of fused-ring (bicyclic) bond motifs is 6. The van der Waals surface area contributed by atoms with Crippen molar-refractivity contribution in [3.63, 3.8) is 0 Å². The zero-order chi connectivity index (χ0) is 43.6. The van der Waals surface area contributed by atoms with E-state index in [4.69, 9.17) is 0 Å². The number of aryl methyl sites for hydroxylation is 2. The number of aromatic nitrogens is 2. The zero-order valence-electron chi connectivity index (χ0n) is 36.8. The predicted molar refractivity (Wildman–Crippen MR) is 277 cm³/mol. The molecule has 0 fully saturated rings. The second-order valence-corrected chi connectivity index (χ2v) is 17.5. The van der Waals surface area contributed by atoms with Crippen molar-refractivity contribution in [1.29, 1.82) is 0 Å². The molecule has 0 amide bonds. The molecule has 12 aromatic rings. The Morgan fingerprint density at radius 1 is 0.246 bits per heavy atom. The van der Waals surface area contributed by atoms with Crippen molar-refractivity contribution < 1.29 is 0 Å². The van der Waals surface area contributed by atoms with Crippen molar-refractivity contribution in [3.05, 3.63) is 241 Å². The van der Waals surface area contributed by atoms with Gasteiger partial charge in [-0.05, 0) is 154 Å². The lowest BCUT2D eigenvalue weighted by Gasteiger charge is -2.21. The van der Waals surface area contributed by atoms with Gasteiger partial charge >= 0.3 is 0 Å². The molecule has 0 saturated heterocycles. The van der Waals surface area contributed by atoms with E-state index in [0.717, 1.165) is 11.4 Å². The first-order valence-corrected chi connectivity index (χ1v) is 22.6. The number of rotatable bonds is 7. The molecule has 308 valence electrons. The molecular weight excluding hydrogens is 785 g/mol. The van der Waals surface area contributed by atoms with Gasteiger partial charge in [0.05, 0.1) is 33.4 Å². The van der Waals surface area contributed by atoms with E-state index in [2.05, 4.69) is 254 Å². The zero-order valence-corrected chi connectivity index (χ0v) is 36.8. The van der Waals surface area contributed by atoms with E-state index in [0.29, 0.717) is 0 Å². The average Bonchev–Trinajstić information content (AvgIpc) is 3.86. The molecule has 2 heterocycles. The minimum absolute atomic E-state index is 1.16. The van der Waals surface area contributed by atoms with Crippen LogP contribution in [0.25, 0.3) is 111 Å². The maximum atomic E-state index is 2.53. The summed E-state index contributed by atoms with van der Waals surface area (Å²) in [4.78, 5) is 0. The van der Waals surface area contributed by atoms with Crippen LogP contribution >= 0.6 is 0 Å². The van der Waals surface area contributed by atoms with Crippen molar-refractivity contribution in [2.45, 2.75) is 20.8 Å². The molecule has 0 atom stereocenters. The van der Waals surface area contributed by atoms with Crippen LogP contribution in [0.4, 0.5) is 0 Å². The third kappa shape index (κ3) is 6.49. The van der Waals surface area contributed by atoms with E-state index in [1.165, 1.54) is 116 Å². The highest BCUT2D eigenvalue weighted by molar-refractivity contribution is 6.13. The van der Waals surface area contributed by atoms with Gasteiger partial charge in [-0.1, -0.05) is 164 Å². The van der Waals surface area contributed by atoms with Crippen LogP contribution in [0.15, 0.2) is 224 Å². The number of benzene rings is 10. The first-order chi connectivity index (χ1) is 32.0. The van der Waals surface area contributed by atoms with Crippen LogP contribution in [0, 0.1) is 20.8 Å².